The van der Waals surface area contributed by atoms with Gasteiger partial charge in [0.2, 0.25) is 0 Å². The van der Waals surface area contributed by atoms with E-state index in [2.05, 4.69) is 38.9 Å². The predicted molar refractivity (Wildman–Crippen MR) is 46.7 cm³/mol. The number of hydrogen-bond donors (Lipinski definition) is 0. The molecule has 0 aliphatic carbocycles. The van der Waals surface area contributed by atoms with Gasteiger partial charge in [0.1, 0.15) is 0 Å². The van der Waals surface area contributed by atoms with E-state index >= 15 is 0 Å². The van der Waals surface area contributed by atoms with E-state index in [9.17, 15) is 0 Å². The number of rotatable bonds is 2. The van der Waals surface area contributed by atoms with Crippen molar-refractivity contribution < 1.29 is 0 Å². The summed E-state index contributed by atoms with van der Waals surface area (Å²) in [6, 6.07) is 2.16. The lowest BCUT2D eigenvalue weighted by molar-refractivity contribution is 0.620. The first-order chi connectivity index (χ1) is 5.15. The largest absolute Gasteiger partial charge is 0.270 e. The Hall–Kier alpha value is -0.790. The summed E-state index contributed by atoms with van der Waals surface area (Å²) in [6.07, 6.45) is 0. The highest BCUT2D eigenvalue weighted by molar-refractivity contribution is 5.11. The molecule has 1 aromatic heterocycles. The molecule has 0 radical (unpaired) electrons. The van der Waals surface area contributed by atoms with Gasteiger partial charge in [-0.3, -0.25) is 4.68 Å². The summed E-state index contributed by atoms with van der Waals surface area (Å²) in [7, 11) is 0. The molecule has 0 saturated heterocycles. The van der Waals surface area contributed by atoms with Gasteiger partial charge in [-0.15, -0.1) is 0 Å². The van der Waals surface area contributed by atoms with E-state index in [4.69, 9.17) is 0 Å². The second-order valence-corrected chi connectivity index (χ2v) is 3.18. The van der Waals surface area contributed by atoms with Crippen LogP contribution >= 0.6 is 0 Å². The average Bonchev–Trinajstić information content (AvgIpc) is 2.31. The summed E-state index contributed by atoms with van der Waals surface area (Å²) >= 11 is 0. The summed E-state index contributed by atoms with van der Waals surface area (Å²) in [5.41, 5.74) is 2.46. The van der Waals surface area contributed by atoms with Crippen LogP contribution in [0.3, 0.4) is 0 Å². The Kier molecular flexibility index (Phi) is 2.32. The van der Waals surface area contributed by atoms with Crippen molar-refractivity contribution in [2.45, 2.75) is 40.2 Å². The molecule has 2 heteroatoms. The number of hydrogen-bond acceptors (Lipinski definition) is 1. The quantitative estimate of drug-likeness (QED) is 0.636. The fraction of sp³-hybridized carbons (Fsp3) is 0.667. The molecule has 0 saturated carbocycles. The Bertz CT molecular complexity index is 236. The van der Waals surface area contributed by atoms with Crippen molar-refractivity contribution in [2.75, 3.05) is 0 Å². The van der Waals surface area contributed by atoms with Crippen molar-refractivity contribution in [3.8, 4) is 0 Å². The number of nitrogens with zero attached hydrogens (tertiary/aromatic N) is 2. The lowest BCUT2D eigenvalue weighted by atomic mass is 10.1. The van der Waals surface area contributed by atoms with Crippen molar-refractivity contribution in [3.05, 3.63) is 17.5 Å². The third-order valence-corrected chi connectivity index (χ3v) is 1.89. The molecular weight excluding hydrogens is 136 g/mol. The zero-order chi connectivity index (χ0) is 8.43. The highest BCUT2D eigenvalue weighted by Gasteiger charge is 2.05. The van der Waals surface area contributed by atoms with Gasteiger partial charge >= 0.3 is 0 Å². The van der Waals surface area contributed by atoms with Crippen molar-refractivity contribution in [3.63, 3.8) is 0 Å². The molecule has 0 aliphatic rings. The SMILES string of the molecule is CCn1nc(C(C)C)cc1C. The van der Waals surface area contributed by atoms with Crippen molar-refractivity contribution in [1.82, 2.24) is 9.78 Å². The fourth-order valence-corrected chi connectivity index (χ4v) is 1.14. The monoisotopic (exact) mass is 152 g/mol. The van der Waals surface area contributed by atoms with E-state index < -0.39 is 0 Å². The van der Waals surface area contributed by atoms with Crippen LogP contribution in [0.15, 0.2) is 6.07 Å². The summed E-state index contributed by atoms with van der Waals surface area (Å²) in [6.45, 7) is 9.52. The van der Waals surface area contributed by atoms with Crippen LogP contribution in [0.1, 0.15) is 38.1 Å². The Labute approximate surface area is 68.2 Å². The first kappa shape index (κ1) is 8.31. The maximum atomic E-state index is 4.44. The molecule has 0 aromatic carbocycles. The van der Waals surface area contributed by atoms with Gasteiger partial charge in [-0.1, -0.05) is 13.8 Å². The van der Waals surface area contributed by atoms with E-state index in [0.29, 0.717) is 5.92 Å². The Morgan fingerprint density at radius 3 is 2.45 bits per heavy atom. The normalized spacial score (nSPS) is 11.0. The van der Waals surface area contributed by atoms with E-state index in [1.165, 1.54) is 11.4 Å². The van der Waals surface area contributed by atoms with Gasteiger partial charge in [0.15, 0.2) is 0 Å². The average molecular weight is 152 g/mol. The van der Waals surface area contributed by atoms with Gasteiger partial charge in [0, 0.05) is 12.2 Å². The molecule has 0 amide bonds. The molecule has 1 heterocycles. The third-order valence-electron chi connectivity index (χ3n) is 1.89. The summed E-state index contributed by atoms with van der Waals surface area (Å²) < 4.78 is 2.04. The molecule has 0 aliphatic heterocycles. The topological polar surface area (TPSA) is 17.8 Å². The lowest BCUT2D eigenvalue weighted by Gasteiger charge is -1.98. The molecule has 0 unspecified atom stereocenters. The van der Waals surface area contributed by atoms with Crippen molar-refractivity contribution >= 4 is 0 Å². The van der Waals surface area contributed by atoms with E-state index in [0.717, 1.165) is 6.54 Å². The zero-order valence-corrected chi connectivity index (χ0v) is 7.76. The molecule has 62 valence electrons. The molecule has 11 heavy (non-hydrogen) atoms. The van der Waals surface area contributed by atoms with Crippen LogP contribution in [0, 0.1) is 6.92 Å². The van der Waals surface area contributed by atoms with Gasteiger partial charge in [-0.05, 0) is 25.8 Å². The molecular formula is C9H16N2. The van der Waals surface area contributed by atoms with E-state index in [-0.39, 0.29) is 0 Å². The number of aromatic nitrogens is 2. The van der Waals surface area contributed by atoms with Gasteiger partial charge in [0.05, 0.1) is 5.69 Å². The Morgan fingerprint density at radius 2 is 2.18 bits per heavy atom. The van der Waals surface area contributed by atoms with E-state index in [1.807, 2.05) is 4.68 Å². The minimum absolute atomic E-state index is 0.543. The maximum absolute atomic E-state index is 4.44. The Balaban J connectivity index is 2.95. The smallest absolute Gasteiger partial charge is 0.0652 e. The number of aryl methyl sites for hydroxylation is 2. The Morgan fingerprint density at radius 1 is 1.55 bits per heavy atom. The highest BCUT2D eigenvalue weighted by Crippen LogP contribution is 2.13. The molecule has 1 rings (SSSR count). The van der Waals surface area contributed by atoms with Gasteiger partial charge < -0.3 is 0 Å². The minimum Gasteiger partial charge on any atom is -0.270 e. The summed E-state index contributed by atoms with van der Waals surface area (Å²) in [4.78, 5) is 0. The van der Waals surface area contributed by atoms with Crippen LogP contribution in [0.2, 0.25) is 0 Å². The van der Waals surface area contributed by atoms with Crippen LogP contribution in [-0.2, 0) is 6.54 Å². The molecule has 0 spiro atoms. The van der Waals surface area contributed by atoms with E-state index in [1.54, 1.807) is 0 Å². The van der Waals surface area contributed by atoms with Crippen LogP contribution in [0.5, 0.6) is 0 Å². The molecule has 0 atom stereocenters. The van der Waals surface area contributed by atoms with Gasteiger partial charge in [0.25, 0.3) is 0 Å². The van der Waals surface area contributed by atoms with Gasteiger partial charge in [-0.2, -0.15) is 5.10 Å². The summed E-state index contributed by atoms with van der Waals surface area (Å²) in [5, 5.41) is 4.44. The maximum Gasteiger partial charge on any atom is 0.0652 e. The molecule has 0 N–H and O–H groups in total. The molecule has 0 fully saturated rings. The fourth-order valence-electron chi connectivity index (χ4n) is 1.14. The standard InChI is InChI=1S/C9H16N2/c1-5-11-8(4)6-9(10-11)7(2)3/h6-7H,5H2,1-4H3. The lowest BCUT2D eigenvalue weighted by Crippen LogP contribution is -1.99. The second-order valence-electron chi connectivity index (χ2n) is 3.18. The van der Waals surface area contributed by atoms with Gasteiger partial charge in [-0.25, -0.2) is 0 Å². The first-order valence-corrected chi connectivity index (χ1v) is 4.19. The van der Waals surface area contributed by atoms with Crippen LogP contribution in [0.25, 0.3) is 0 Å². The first-order valence-electron chi connectivity index (χ1n) is 4.19. The minimum atomic E-state index is 0.543. The molecule has 2 nitrogen and oxygen atoms in total. The molecule has 1 aromatic rings. The highest BCUT2D eigenvalue weighted by atomic mass is 15.3. The van der Waals surface area contributed by atoms with Crippen molar-refractivity contribution in [2.24, 2.45) is 0 Å². The molecule has 0 bridgehead atoms. The van der Waals surface area contributed by atoms with Crippen LogP contribution in [-0.4, -0.2) is 9.78 Å². The van der Waals surface area contributed by atoms with Crippen LogP contribution < -0.4 is 0 Å². The van der Waals surface area contributed by atoms with Crippen molar-refractivity contribution in [1.29, 1.82) is 0 Å². The summed E-state index contributed by atoms with van der Waals surface area (Å²) in [5.74, 6) is 0.543. The predicted octanol–water partition coefficient (Wildman–Crippen LogP) is 2.33. The van der Waals surface area contributed by atoms with Crippen LogP contribution in [0.4, 0.5) is 0 Å². The third kappa shape index (κ3) is 1.62. The zero-order valence-electron chi connectivity index (χ0n) is 7.76. The second kappa shape index (κ2) is 3.07.